The normalized spacial score (nSPS) is 11.9. The van der Waals surface area contributed by atoms with Crippen LogP contribution in [0.3, 0.4) is 0 Å². The first-order valence-electron chi connectivity index (χ1n) is 6.90. The van der Waals surface area contributed by atoms with Crippen LogP contribution in [0.5, 0.6) is 0 Å². The van der Waals surface area contributed by atoms with Gasteiger partial charge in [0.1, 0.15) is 11.5 Å². The van der Waals surface area contributed by atoms with E-state index in [0.29, 0.717) is 11.5 Å². The van der Waals surface area contributed by atoms with Gasteiger partial charge in [-0.25, -0.2) is 9.37 Å². The number of nitrogens with zero attached hydrogens (tertiary/aromatic N) is 4. The molecule has 112 valence electrons. The number of fused-ring (bicyclic) bond motifs is 1. The average Bonchev–Trinajstić information content (AvgIpc) is 2.87. The Bertz CT molecular complexity index is 854. The van der Waals surface area contributed by atoms with E-state index >= 15 is 0 Å². The number of imidazole rings is 1. The maximum Gasteiger partial charge on any atom is 0.183 e. The number of pyridine rings is 1. The predicted molar refractivity (Wildman–Crippen MR) is 84.9 cm³/mol. The van der Waals surface area contributed by atoms with Crippen LogP contribution in [-0.2, 0) is 0 Å². The van der Waals surface area contributed by atoms with E-state index in [9.17, 15) is 4.39 Å². The summed E-state index contributed by atoms with van der Waals surface area (Å²) in [6.45, 7) is 4.10. The zero-order chi connectivity index (χ0) is 15.7. The summed E-state index contributed by atoms with van der Waals surface area (Å²) in [6, 6.07) is 10.00. The predicted octanol–water partition coefficient (Wildman–Crippen LogP) is 5.67. The van der Waals surface area contributed by atoms with Crippen LogP contribution in [0.15, 0.2) is 52.8 Å². The number of rotatable bonds is 3. The number of azo groups is 1. The minimum absolute atomic E-state index is 0.0266. The molecule has 6 heteroatoms. The molecule has 0 saturated carbocycles. The third-order valence-corrected chi connectivity index (χ3v) is 3.53. The minimum Gasteiger partial charge on any atom is -0.283 e. The van der Waals surface area contributed by atoms with Crippen LogP contribution in [0.25, 0.3) is 5.65 Å². The quantitative estimate of drug-likeness (QED) is 0.574. The van der Waals surface area contributed by atoms with Crippen molar-refractivity contribution in [1.29, 1.82) is 0 Å². The average molecular weight is 317 g/mol. The number of aromatic nitrogens is 2. The zero-order valence-electron chi connectivity index (χ0n) is 12.2. The van der Waals surface area contributed by atoms with Crippen molar-refractivity contribution >= 4 is 28.8 Å². The van der Waals surface area contributed by atoms with Crippen molar-refractivity contribution in [1.82, 2.24) is 9.38 Å². The lowest BCUT2D eigenvalue weighted by molar-refractivity contribution is 0.628. The molecule has 0 radical (unpaired) electrons. The van der Waals surface area contributed by atoms with Gasteiger partial charge in [-0.3, -0.25) is 4.40 Å². The van der Waals surface area contributed by atoms with E-state index in [-0.39, 0.29) is 10.9 Å². The third kappa shape index (κ3) is 2.72. The molecule has 0 spiro atoms. The first-order valence-corrected chi connectivity index (χ1v) is 7.28. The first-order chi connectivity index (χ1) is 10.6. The highest BCUT2D eigenvalue weighted by atomic mass is 35.5. The third-order valence-electron chi connectivity index (χ3n) is 3.24. The molecule has 2 aromatic heterocycles. The summed E-state index contributed by atoms with van der Waals surface area (Å²) in [5.41, 5.74) is 2.17. The van der Waals surface area contributed by atoms with E-state index in [0.717, 1.165) is 11.3 Å². The van der Waals surface area contributed by atoms with Crippen molar-refractivity contribution in [2.45, 2.75) is 19.8 Å². The highest BCUT2D eigenvalue weighted by molar-refractivity contribution is 6.30. The topological polar surface area (TPSA) is 42.0 Å². The molecule has 0 bridgehead atoms. The van der Waals surface area contributed by atoms with Crippen LogP contribution >= 0.6 is 11.6 Å². The van der Waals surface area contributed by atoms with E-state index in [2.05, 4.69) is 29.1 Å². The molecule has 0 N–H and O–H groups in total. The van der Waals surface area contributed by atoms with Gasteiger partial charge in [0, 0.05) is 6.20 Å². The summed E-state index contributed by atoms with van der Waals surface area (Å²) in [4.78, 5) is 4.58. The molecule has 4 nitrogen and oxygen atoms in total. The Balaban J connectivity index is 2.07. The smallest absolute Gasteiger partial charge is 0.183 e. The molecule has 0 aliphatic rings. The van der Waals surface area contributed by atoms with Crippen LogP contribution in [0.1, 0.15) is 25.5 Å². The van der Waals surface area contributed by atoms with E-state index in [1.807, 2.05) is 28.8 Å². The molecule has 3 aromatic rings. The molecule has 2 heterocycles. The molecule has 1 aromatic carbocycles. The molecule has 3 rings (SSSR count). The molecule has 22 heavy (non-hydrogen) atoms. The standard InChI is InChI=1S/C16H14ClFN4/c1-10(2)15-16(22-8-4-3-5-14(22)19-15)21-20-11-6-7-13(18)12(17)9-11/h3-10H,1-2H3. The summed E-state index contributed by atoms with van der Waals surface area (Å²) in [5, 5.41) is 8.48. The highest BCUT2D eigenvalue weighted by Crippen LogP contribution is 2.30. The van der Waals surface area contributed by atoms with Gasteiger partial charge >= 0.3 is 0 Å². The molecule has 0 amide bonds. The second-order valence-electron chi connectivity index (χ2n) is 5.20. The van der Waals surface area contributed by atoms with Gasteiger partial charge in [-0.2, -0.15) is 0 Å². The largest absolute Gasteiger partial charge is 0.283 e. The van der Waals surface area contributed by atoms with Gasteiger partial charge in [-0.1, -0.05) is 31.5 Å². The SMILES string of the molecule is CC(C)c1nc2ccccn2c1N=Nc1ccc(F)c(Cl)c1. The summed E-state index contributed by atoms with van der Waals surface area (Å²) in [6.07, 6.45) is 1.89. The van der Waals surface area contributed by atoms with Gasteiger partial charge in [0.2, 0.25) is 0 Å². The Hall–Kier alpha value is -2.27. The van der Waals surface area contributed by atoms with Crippen LogP contribution < -0.4 is 0 Å². The molecule has 0 aliphatic heterocycles. The summed E-state index contributed by atoms with van der Waals surface area (Å²) < 4.78 is 15.1. The van der Waals surface area contributed by atoms with Crippen molar-refractivity contribution in [3.63, 3.8) is 0 Å². The molecular weight excluding hydrogens is 303 g/mol. The number of halogens is 2. The number of benzene rings is 1. The van der Waals surface area contributed by atoms with Gasteiger partial charge in [-0.15, -0.1) is 10.2 Å². The Kier molecular flexibility index (Phi) is 3.90. The summed E-state index contributed by atoms with van der Waals surface area (Å²) in [5.74, 6) is 0.412. The monoisotopic (exact) mass is 316 g/mol. The Morgan fingerprint density at radius 1 is 1.18 bits per heavy atom. The number of hydrogen-bond donors (Lipinski definition) is 0. The Morgan fingerprint density at radius 3 is 2.73 bits per heavy atom. The van der Waals surface area contributed by atoms with Gasteiger partial charge in [-0.05, 0) is 36.2 Å². The zero-order valence-corrected chi connectivity index (χ0v) is 12.9. The molecule has 0 fully saturated rings. The lowest BCUT2D eigenvalue weighted by Crippen LogP contribution is -1.87. The van der Waals surface area contributed by atoms with Gasteiger partial charge in [0.15, 0.2) is 5.82 Å². The summed E-state index contributed by atoms with van der Waals surface area (Å²) in [7, 11) is 0. The maximum atomic E-state index is 13.2. The van der Waals surface area contributed by atoms with Crippen molar-refractivity contribution < 1.29 is 4.39 Å². The summed E-state index contributed by atoms with van der Waals surface area (Å²) >= 11 is 5.76. The molecule has 0 aliphatic carbocycles. The minimum atomic E-state index is -0.474. The van der Waals surface area contributed by atoms with Crippen LogP contribution in [-0.4, -0.2) is 9.38 Å². The first kappa shape index (κ1) is 14.7. The second kappa shape index (κ2) is 5.85. The van der Waals surface area contributed by atoms with Gasteiger partial charge in [0.25, 0.3) is 0 Å². The fourth-order valence-electron chi connectivity index (χ4n) is 2.14. The fourth-order valence-corrected chi connectivity index (χ4v) is 2.31. The lowest BCUT2D eigenvalue weighted by Gasteiger charge is -2.01. The maximum absolute atomic E-state index is 13.2. The lowest BCUT2D eigenvalue weighted by atomic mass is 10.1. The van der Waals surface area contributed by atoms with Crippen LogP contribution in [0.2, 0.25) is 5.02 Å². The second-order valence-corrected chi connectivity index (χ2v) is 5.61. The Labute approximate surface area is 132 Å². The van der Waals surface area contributed by atoms with Crippen molar-refractivity contribution in [2.75, 3.05) is 0 Å². The van der Waals surface area contributed by atoms with Crippen molar-refractivity contribution in [3.05, 3.63) is 59.1 Å². The van der Waals surface area contributed by atoms with E-state index < -0.39 is 5.82 Å². The fraction of sp³-hybridized carbons (Fsp3) is 0.188. The van der Waals surface area contributed by atoms with Gasteiger partial charge in [0.05, 0.1) is 16.4 Å². The van der Waals surface area contributed by atoms with Crippen LogP contribution in [0, 0.1) is 5.82 Å². The van der Waals surface area contributed by atoms with E-state index in [1.165, 1.54) is 18.2 Å². The van der Waals surface area contributed by atoms with Crippen molar-refractivity contribution in [3.8, 4) is 0 Å². The van der Waals surface area contributed by atoms with Crippen molar-refractivity contribution in [2.24, 2.45) is 10.2 Å². The van der Waals surface area contributed by atoms with E-state index in [4.69, 9.17) is 11.6 Å². The molecule has 0 saturated heterocycles. The van der Waals surface area contributed by atoms with Gasteiger partial charge < -0.3 is 0 Å². The van der Waals surface area contributed by atoms with Crippen LogP contribution in [0.4, 0.5) is 15.9 Å². The molecular formula is C16H14ClFN4. The van der Waals surface area contributed by atoms with E-state index in [1.54, 1.807) is 0 Å². The Morgan fingerprint density at radius 2 is 2.00 bits per heavy atom. The highest BCUT2D eigenvalue weighted by Gasteiger charge is 2.14. The molecule has 0 atom stereocenters. The molecule has 0 unspecified atom stereocenters. The number of hydrogen-bond acceptors (Lipinski definition) is 3.